The Hall–Kier alpha value is -4.12. The van der Waals surface area contributed by atoms with Crippen LogP contribution in [-0.4, -0.2) is 51.6 Å². The van der Waals surface area contributed by atoms with Gasteiger partial charge in [0.25, 0.3) is 22.6 Å². The second-order valence-corrected chi connectivity index (χ2v) is 8.52. The monoisotopic (exact) mass is 478 g/mol. The number of thioether (sulfide) groups is 1. The van der Waals surface area contributed by atoms with Crippen molar-refractivity contribution in [1.29, 1.82) is 0 Å². The lowest BCUT2D eigenvalue weighted by molar-refractivity contribution is -0.122. The highest BCUT2D eigenvalue weighted by Gasteiger charge is 2.34. The quantitative estimate of drug-likeness (QED) is 0.554. The maximum absolute atomic E-state index is 12.8. The summed E-state index contributed by atoms with van der Waals surface area (Å²) in [6, 6.07) is 12.0. The van der Waals surface area contributed by atoms with Crippen LogP contribution in [-0.2, 0) is 11.8 Å². The van der Waals surface area contributed by atoms with Crippen molar-refractivity contribution in [3.05, 3.63) is 69.0 Å². The van der Waals surface area contributed by atoms with Crippen LogP contribution in [0.5, 0.6) is 11.5 Å². The highest BCUT2D eigenvalue weighted by molar-refractivity contribution is 8.18. The molecule has 1 saturated heterocycles. The van der Waals surface area contributed by atoms with E-state index in [1.54, 1.807) is 48.5 Å². The summed E-state index contributed by atoms with van der Waals surface area (Å²) in [4.78, 5) is 51.5. The van der Waals surface area contributed by atoms with Crippen molar-refractivity contribution in [2.75, 3.05) is 19.9 Å². The van der Waals surface area contributed by atoms with E-state index < -0.39 is 17.1 Å². The summed E-state index contributed by atoms with van der Waals surface area (Å²) >= 11 is 0.834. The Morgan fingerprint density at radius 1 is 1.12 bits per heavy atom. The van der Waals surface area contributed by atoms with E-state index in [1.165, 1.54) is 7.05 Å². The first-order valence-electron chi connectivity index (χ1n) is 10.3. The third kappa shape index (κ3) is 3.90. The highest BCUT2D eigenvalue weighted by atomic mass is 32.2. The van der Waals surface area contributed by atoms with Gasteiger partial charge >= 0.3 is 0 Å². The molecule has 5 rings (SSSR count). The fourth-order valence-corrected chi connectivity index (χ4v) is 4.54. The molecule has 1 aromatic heterocycles. The van der Waals surface area contributed by atoms with Crippen LogP contribution in [0, 0.1) is 0 Å². The summed E-state index contributed by atoms with van der Waals surface area (Å²) in [7, 11) is 1.47. The number of benzene rings is 2. The van der Waals surface area contributed by atoms with E-state index in [1.807, 2.05) is 0 Å². The van der Waals surface area contributed by atoms with E-state index in [0.717, 1.165) is 21.3 Å². The number of fused-ring (bicyclic) bond motifs is 2. The average molecular weight is 478 g/mol. The van der Waals surface area contributed by atoms with Crippen molar-refractivity contribution >= 4 is 45.7 Å². The van der Waals surface area contributed by atoms with Crippen LogP contribution in [0.1, 0.15) is 16.1 Å². The maximum Gasteiger partial charge on any atom is 0.293 e. The van der Waals surface area contributed by atoms with Crippen molar-refractivity contribution in [2.45, 2.75) is 0 Å². The molecule has 1 fully saturated rings. The van der Waals surface area contributed by atoms with Gasteiger partial charge in [0.05, 0.1) is 10.3 Å². The summed E-state index contributed by atoms with van der Waals surface area (Å²) in [5, 5.41) is 7.14. The molecule has 0 bridgehead atoms. The van der Waals surface area contributed by atoms with E-state index >= 15 is 0 Å². The van der Waals surface area contributed by atoms with Crippen LogP contribution in [0.2, 0.25) is 0 Å². The number of imide groups is 1. The Labute approximate surface area is 197 Å². The second-order valence-electron chi connectivity index (χ2n) is 7.52. The molecule has 3 amide bonds. The topological polar surface area (TPSA) is 120 Å². The standard InChI is InChI=1S/C23H18N4O6S/c1-26-21(29)15-5-3-2-4-14(15)19(25-26)20(28)24-8-9-27-22(30)18(34-23(27)31)11-13-6-7-16-17(10-13)33-12-32-16/h2-7,10-11H,8-9,12H2,1H3,(H,24,28)/b18-11+. The van der Waals surface area contributed by atoms with Crippen LogP contribution in [0.15, 0.2) is 52.2 Å². The summed E-state index contributed by atoms with van der Waals surface area (Å²) in [6.45, 7) is 0.178. The van der Waals surface area contributed by atoms with Gasteiger partial charge in [-0.15, -0.1) is 0 Å². The molecule has 0 saturated carbocycles. The van der Waals surface area contributed by atoms with E-state index in [0.29, 0.717) is 27.8 Å². The van der Waals surface area contributed by atoms with Crippen LogP contribution in [0.4, 0.5) is 4.79 Å². The first-order chi connectivity index (χ1) is 16.4. The molecule has 34 heavy (non-hydrogen) atoms. The van der Waals surface area contributed by atoms with Gasteiger partial charge in [-0.1, -0.05) is 24.3 Å². The molecule has 11 heteroatoms. The van der Waals surface area contributed by atoms with Gasteiger partial charge in [0.15, 0.2) is 17.2 Å². The smallest absolute Gasteiger partial charge is 0.293 e. The molecule has 2 aliphatic rings. The fourth-order valence-electron chi connectivity index (χ4n) is 3.68. The molecule has 2 aromatic carbocycles. The van der Waals surface area contributed by atoms with E-state index in [4.69, 9.17) is 9.47 Å². The minimum atomic E-state index is -0.505. The van der Waals surface area contributed by atoms with Gasteiger partial charge in [0, 0.05) is 25.5 Å². The molecule has 3 aromatic rings. The van der Waals surface area contributed by atoms with Gasteiger partial charge in [0.1, 0.15) is 0 Å². The molecule has 172 valence electrons. The Kier molecular flexibility index (Phi) is 5.54. The summed E-state index contributed by atoms with van der Waals surface area (Å²) in [5.41, 5.74) is 0.490. The summed E-state index contributed by atoms with van der Waals surface area (Å²) in [6.07, 6.45) is 1.62. The average Bonchev–Trinajstić information content (AvgIpc) is 3.40. The summed E-state index contributed by atoms with van der Waals surface area (Å²) < 4.78 is 11.7. The molecule has 1 N–H and O–H groups in total. The highest BCUT2D eigenvalue weighted by Crippen LogP contribution is 2.36. The van der Waals surface area contributed by atoms with Gasteiger partial charge in [-0.3, -0.25) is 24.1 Å². The van der Waals surface area contributed by atoms with Crippen molar-refractivity contribution in [2.24, 2.45) is 7.05 Å². The molecule has 2 aliphatic heterocycles. The number of hydrogen-bond donors (Lipinski definition) is 1. The van der Waals surface area contributed by atoms with E-state index in [9.17, 15) is 19.2 Å². The lowest BCUT2D eigenvalue weighted by Crippen LogP contribution is -2.38. The number of aromatic nitrogens is 2. The number of aryl methyl sites for hydroxylation is 1. The van der Waals surface area contributed by atoms with Crippen LogP contribution in [0.25, 0.3) is 16.8 Å². The molecule has 0 spiro atoms. The van der Waals surface area contributed by atoms with Gasteiger partial charge < -0.3 is 14.8 Å². The SMILES string of the molecule is Cn1nc(C(=O)NCCN2C(=O)S/C(=C/c3ccc4c(c3)OCO4)C2=O)c2ccccc2c1=O. The molecule has 3 heterocycles. The third-order valence-electron chi connectivity index (χ3n) is 5.36. The Morgan fingerprint density at radius 3 is 2.71 bits per heavy atom. The molecule has 0 radical (unpaired) electrons. The zero-order chi connectivity index (χ0) is 23.8. The number of nitrogens with zero attached hydrogens (tertiary/aromatic N) is 3. The number of ether oxygens (including phenoxy) is 2. The zero-order valence-corrected chi connectivity index (χ0v) is 18.8. The number of carbonyl (C=O) groups is 3. The van der Waals surface area contributed by atoms with Crippen LogP contribution in [0.3, 0.4) is 0 Å². The molecule has 10 nitrogen and oxygen atoms in total. The lowest BCUT2D eigenvalue weighted by atomic mass is 10.1. The molecule has 0 aliphatic carbocycles. The minimum Gasteiger partial charge on any atom is -0.454 e. The molecular weight excluding hydrogens is 460 g/mol. The Bertz CT molecular complexity index is 1450. The van der Waals surface area contributed by atoms with Crippen molar-refractivity contribution in [3.8, 4) is 11.5 Å². The lowest BCUT2D eigenvalue weighted by Gasteiger charge is -2.13. The van der Waals surface area contributed by atoms with Crippen molar-refractivity contribution in [1.82, 2.24) is 20.0 Å². The second kappa shape index (κ2) is 8.67. The van der Waals surface area contributed by atoms with Crippen molar-refractivity contribution in [3.63, 3.8) is 0 Å². The summed E-state index contributed by atoms with van der Waals surface area (Å²) in [5.74, 6) is 0.263. The third-order valence-corrected chi connectivity index (χ3v) is 6.27. The number of carbonyl (C=O) groups excluding carboxylic acids is 3. The van der Waals surface area contributed by atoms with Gasteiger partial charge in [-0.05, 0) is 41.6 Å². The molecule has 0 atom stereocenters. The first kappa shape index (κ1) is 21.7. The minimum absolute atomic E-state index is 0.00141. The normalized spacial score (nSPS) is 16.0. The zero-order valence-electron chi connectivity index (χ0n) is 17.9. The van der Waals surface area contributed by atoms with Crippen LogP contribution >= 0.6 is 11.8 Å². The largest absolute Gasteiger partial charge is 0.454 e. The van der Waals surface area contributed by atoms with Gasteiger partial charge in [-0.2, -0.15) is 5.10 Å². The number of rotatable bonds is 5. The maximum atomic E-state index is 12.8. The number of hydrogen-bond acceptors (Lipinski definition) is 8. The predicted octanol–water partition coefficient (Wildman–Crippen LogP) is 2.13. The number of nitrogens with one attached hydrogen (secondary N) is 1. The Morgan fingerprint density at radius 2 is 1.88 bits per heavy atom. The van der Waals surface area contributed by atoms with E-state index in [2.05, 4.69) is 10.4 Å². The first-order valence-corrected chi connectivity index (χ1v) is 11.1. The molecule has 0 unspecified atom stereocenters. The molecular formula is C23H18N4O6S. The van der Waals surface area contributed by atoms with Crippen LogP contribution < -0.4 is 20.3 Å². The Balaban J connectivity index is 1.26. The van der Waals surface area contributed by atoms with E-state index in [-0.39, 0.29) is 36.0 Å². The fraction of sp³-hybridized carbons (Fsp3) is 0.174. The number of amides is 3. The van der Waals surface area contributed by atoms with Crippen molar-refractivity contribution < 1.29 is 23.9 Å². The van der Waals surface area contributed by atoms with Gasteiger partial charge in [0.2, 0.25) is 6.79 Å². The predicted molar refractivity (Wildman–Crippen MR) is 125 cm³/mol. The van der Waals surface area contributed by atoms with Gasteiger partial charge in [-0.25, -0.2) is 4.68 Å².